The van der Waals surface area contributed by atoms with Crippen LogP contribution in [0.25, 0.3) is 0 Å². The van der Waals surface area contributed by atoms with E-state index in [0.717, 1.165) is 11.4 Å². The Balaban J connectivity index is 2.08. The van der Waals surface area contributed by atoms with E-state index in [-0.39, 0.29) is 0 Å². The Bertz CT molecular complexity index is 644. The van der Waals surface area contributed by atoms with Crippen LogP contribution in [0.15, 0.2) is 42.5 Å². The third-order valence-corrected chi connectivity index (χ3v) is 3.08. The average molecular weight is 321 g/mol. The standard InChI is InChI=1S/C16H17ClN2O3/c1-3-22-16(20)19-13-7-5-12(6-8-13)18-14-10-11(17)4-9-15(14)21-2/h4-10,18H,3H2,1-2H3,(H,19,20). The van der Waals surface area contributed by atoms with Gasteiger partial charge in [0, 0.05) is 16.4 Å². The van der Waals surface area contributed by atoms with Crippen molar-refractivity contribution in [2.45, 2.75) is 6.92 Å². The fraction of sp³-hybridized carbons (Fsp3) is 0.188. The van der Waals surface area contributed by atoms with Crippen molar-refractivity contribution >= 4 is 34.8 Å². The number of carbonyl (C=O) groups excluding carboxylic acids is 1. The molecule has 0 spiro atoms. The molecule has 1 amide bonds. The largest absolute Gasteiger partial charge is 0.495 e. The molecule has 0 saturated heterocycles. The number of amides is 1. The number of halogens is 1. The van der Waals surface area contributed by atoms with E-state index in [4.69, 9.17) is 21.1 Å². The number of rotatable bonds is 5. The van der Waals surface area contributed by atoms with Gasteiger partial charge in [0.25, 0.3) is 0 Å². The third-order valence-electron chi connectivity index (χ3n) is 2.85. The van der Waals surface area contributed by atoms with Crippen LogP contribution in [-0.4, -0.2) is 19.8 Å². The van der Waals surface area contributed by atoms with Gasteiger partial charge in [-0.1, -0.05) is 11.6 Å². The zero-order chi connectivity index (χ0) is 15.9. The molecule has 22 heavy (non-hydrogen) atoms. The van der Waals surface area contributed by atoms with Crippen molar-refractivity contribution in [2.24, 2.45) is 0 Å². The molecule has 0 radical (unpaired) electrons. The molecule has 0 aliphatic carbocycles. The van der Waals surface area contributed by atoms with E-state index in [2.05, 4.69) is 10.6 Å². The van der Waals surface area contributed by atoms with E-state index in [1.807, 2.05) is 12.1 Å². The molecule has 2 N–H and O–H groups in total. The molecule has 116 valence electrons. The number of methoxy groups -OCH3 is 1. The monoisotopic (exact) mass is 320 g/mol. The first kappa shape index (κ1) is 16.0. The number of hydrogen-bond donors (Lipinski definition) is 2. The number of hydrogen-bond acceptors (Lipinski definition) is 4. The molecule has 0 aromatic heterocycles. The highest BCUT2D eigenvalue weighted by Gasteiger charge is 2.05. The minimum atomic E-state index is -0.472. The van der Waals surface area contributed by atoms with Crippen molar-refractivity contribution in [3.05, 3.63) is 47.5 Å². The van der Waals surface area contributed by atoms with Crippen LogP contribution in [0.4, 0.5) is 21.9 Å². The number of carbonyl (C=O) groups is 1. The highest BCUT2D eigenvalue weighted by Crippen LogP contribution is 2.30. The molecule has 0 bridgehead atoms. The second-order valence-corrected chi connectivity index (χ2v) is 4.83. The molecule has 0 saturated carbocycles. The van der Waals surface area contributed by atoms with E-state index in [0.29, 0.717) is 23.1 Å². The fourth-order valence-corrected chi connectivity index (χ4v) is 2.03. The first-order valence-electron chi connectivity index (χ1n) is 6.76. The summed E-state index contributed by atoms with van der Waals surface area (Å²) >= 11 is 6.00. The van der Waals surface area contributed by atoms with Gasteiger partial charge in [0.1, 0.15) is 5.75 Å². The van der Waals surface area contributed by atoms with E-state index in [1.54, 1.807) is 44.4 Å². The lowest BCUT2D eigenvalue weighted by molar-refractivity contribution is 0.168. The minimum absolute atomic E-state index is 0.333. The molecular formula is C16H17ClN2O3. The SMILES string of the molecule is CCOC(=O)Nc1ccc(Nc2cc(Cl)ccc2OC)cc1. The highest BCUT2D eigenvalue weighted by atomic mass is 35.5. The number of ether oxygens (including phenoxy) is 2. The van der Waals surface area contributed by atoms with Gasteiger partial charge in [-0.15, -0.1) is 0 Å². The topological polar surface area (TPSA) is 59.6 Å². The highest BCUT2D eigenvalue weighted by molar-refractivity contribution is 6.31. The molecule has 2 rings (SSSR count). The zero-order valence-electron chi connectivity index (χ0n) is 12.4. The lowest BCUT2D eigenvalue weighted by atomic mass is 10.2. The van der Waals surface area contributed by atoms with E-state index in [9.17, 15) is 4.79 Å². The fourth-order valence-electron chi connectivity index (χ4n) is 1.86. The van der Waals surface area contributed by atoms with Gasteiger partial charge >= 0.3 is 6.09 Å². The smallest absolute Gasteiger partial charge is 0.411 e. The van der Waals surface area contributed by atoms with E-state index >= 15 is 0 Å². The molecular weight excluding hydrogens is 304 g/mol. The lowest BCUT2D eigenvalue weighted by Crippen LogP contribution is -2.13. The maximum atomic E-state index is 11.3. The van der Waals surface area contributed by atoms with Crippen LogP contribution in [0.1, 0.15) is 6.92 Å². The Labute approximate surface area is 134 Å². The maximum absolute atomic E-state index is 11.3. The van der Waals surface area contributed by atoms with Crippen LogP contribution in [0.5, 0.6) is 5.75 Å². The van der Waals surface area contributed by atoms with Gasteiger partial charge in [-0.05, 0) is 49.4 Å². The predicted molar refractivity (Wildman–Crippen MR) is 88.4 cm³/mol. The van der Waals surface area contributed by atoms with Crippen LogP contribution in [0, 0.1) is 0 Å². The summed E-state index contributed by atoms with van der Waals surface area (Å²) in [4.78, 5) is 11.3. The van der Waals surface area contributed by atoms with Crippen molar-refractivity contribution in [3.63, 3.8) is 0 Å². The summed E-state index contributed by atoms with van der Waals surface area (Å²) in [5.74, 6) is 0.693. The molecule has 2 aromatic carbocycles. The average Bonchev–Trinajstić information content (AvgIpc) is 2.50. The normalized spacial score (nSPS) is 9.95. The molecule has 0 aliphatic heterocycles. The van der Waals surface area contributed by atoms with Crippen molar-refractivity contribution in [1.29, 1.82) is 0 Å². The number of nitrogens with one attached hydrogen (secondary N) is 2. The summed E-state index contributed by atoms with van der Waals surface area (Å²) in [5.41, 5.74) is 2.26. The van der Waals surface area contributed by atoms with Crippen molar-refractivity contribution in [1.82, 2.24) is 0 Å². The van der Waals surface area contributed by atoms with Crippen LogP contribution in [0.3, 0.4) is 0 Å². The van der Waals surface area contributed by atoms with Gasteiger partial charge in [-0.2, -0.15) is 0 Å². The maximum Gasteiger partial charge on any atom is 0.411 e. The Kier molecular flexibility index (Phi) is 5.49. The number of anilines is 3. The Morgan fingerprint density at radius 3 is 2.45 bits per heavy atom. The Morgan fingerprint density at radius 1 is 1.14 bits per heavy atom. The minimum Gasteiger partial charge on any atom is -0.495 e. The summed E-state index contributed by atoms with van der Waals surface area (Å²) in [5, 5.41) is 6.46. The van der Waals surface area contributed by atoms with Crippen LogP contribution in [-0.2, 0) is 4.74 Å². The van der Waals surface area contributed by atoms with Crippen molar-refractivity contribution < 1.29 is 14.3 Å². The quantitative estimate of drug-likeness (QED) is 0.841. The van der Waals surface area contributed by atoms with Crippen molar-refractivity contribution in [2.75, 3.05) is 24.4 Å². The molecule has 0 unspecified atom stereocenters. The molecule has 0 atom stereocenters. The van der Waals surface area contributed by atoms with Crippen molar-refractivity contribution in [3.8, 4) is 5.75 Å². The van der Waals surface area contributed by atoms with Gasteiger partial charge in [0.2, 0.25) is 0 Å². The van der Waals surface area contributed by atoms with Crippen LogP contribution in [0.2, 0.25) is 5.02 Å². The first-order chi connectivity index (χ1) is 10.6. The van der Waals surface area contributed by atoms with Gasteiger partial charge in [-0.25, -0.2) is 4.79 Å². The summed E-state index contributed by atoms with van der Waals surface area (Å²) in [7, 11) is 1.60. The summed E-state index contributed by atoms with van der Waals surface area (Å²) in [6, 6.07) is 12.6. The Morgan fingerprint density at radius 2 is 1.82 bits per heavy atom. The molecule has 0 heterocycles. The predicted octanol–water partition coefficient (Wildman–Crippen LogP) is 4.66. The molecule has 0 fully saturated rings. The zero-order valence-corrected chi connectivity index (χ0v) is 13.1. The summed E-state index contributed by atoms with van der Waals surface area (Å²) < 4.78 is 10.1. The molecule has 5 nitrogen and oxygen atoms in total. The first-order valence-corrected chi connectivity index (χ1v) is 7.14. The summed E-state index contributed by atoms with van der Waals surface area (Å²) in [6.45, 7) is 2.09. The second-order valence-electron chi connectivity index (χ2n) is 4.39. The van der Waals surface area contributed by atoms with Gasteiger partial charge in [0.05, 0.1) is 19.4 Å². The second kappa shape index (κ2) is 7.56. The molecule has 2 aromatic rings. The third kappa shape index (κ3) is 4.30. The lowest BCUT2D eigenvalue weighted by Gasteiger charge is -2.12. The van der Waals surface area contributed by atoms with Gasteiger partial charge < -0.3 is 14.8 Å². The molecule has 0 aliphatic rings. The Hall–Kier alpha value is -2.40. The van der Waals surface area contributed by atoms with Gasteiger partial charge in [-0.3, -0.25) is 5.32 Å². The van der Waals surface area contributed by atoms with E-state index in [1.165, 1.54) is 0 Å². The van der Waals surface area contributed by atoms with Gasteiger partial charge in [0.15, 0.2) is 0 Å². The van der Waals surface area contributed by atoms with Crippen LogP contribution < -0.4 is 15.4 Å². The number of benzene rings is 2. The van der Waals surface area contributed by atoms with Crippen LogP contribution >= 0.6 is 11.6 Å². The molecule has 6 heteroatoms. The van der Waals surface area contributed by atoms with E-state index < -0.39 is 6.09 Å². The summed E-state index contributed by atoms with van der Waals surface area (Å²) in [6.07, 6.45) is -0.472.